The maximum absolute atomic E-state index is 12.8. The van der Waals surface area contributed by atoms with Crippen LogP contribution in [0, 0.1) is 30.6 Å². The van der Waals surface area contributed by atoms with Crippen LogP contribution in [-0.4, -0.2) is 22.8 Å². The van der Waals surface area contributed by atoms with Gasteiger partial charge in [0.2, 0.25) is 5.91 Å². The molecule has 22 heavy (non-hydrogen) atoms. The maximum Gasteiger partial charge on any atom is 0.310 e. The average molecular weight is 385 g/mol. The molecule has 1 aromatic carbocycles. The fourth-order valence-electron chi connectivity index (χ4n) is 4.28. The Morgan fingerprint density at radius 3 is 2.95 bits per heavy atom. The van der Waals surface area contributed by atoms with Crippen LogP contribution in [0.25, 0.3) is 0 Å². The van der Waals surface area contributed by atoms with E-state index in [4.69, 9.17) is 16.3 Å². The summed E-state index contributed by atoms with van der Waals surface area (Å²) in [5, 5.41) is 3.53. The Morgan fingerprint density at radius 2 is 2.18 bits per heavy atom. The summed E-state index contributed by atoms with van der Waals surface area (Å²) in [7, 11) is 0. The van der Waals surface area contributed by atoms with E-state index in [9.17, 15) is 9.59 Å². The molecule has 3 aliphatic rings. The Kier molecular flexibility index (Phi) is 3.28. The molecular formula is C16H15BrClNO3. The first-order valence-corrected chi connectivity index (χ1v) is 8.68. The zero-order valence-electron chi connectivity index (χ0n) is 11.9. The number of rotatable bonds is 2. The lowest BCUT2D eigenvalue weighted by Crippen LogP contribution is -2.40. The highest BCUT2D eigenvalue weighted by molar-refractivity contribution is 9.09. The lowest BCUT2D eigenvalue weighted by Gasteiger charge is -2.27. The first-order chi connectivity index (χ1) is 10.5. The fraction of sp³-hybridized carbons (Fsp3) is 0.500. The molecule has 4 nitrogen and oxygen atoms in total. The molecule has 2 saturated carbocycles. The Hall–Kier alpha value is -1.07. The highest BCUT2D eigenvalue weighted by atomic mass is 79.9. The van der Waals surface area contributed by atoms with Crippen molar-refractivity contribution in [3.05, 3.63) is 28.8 Å². The van der Waals surface area contributed by atoms with E-state index in [0.29, 0.717) is 10.7 Å². The summed E-state index contributed by atoms with van der Waals surface area (Å²) in [5.41, 5.74) is 1.65. The van der Waals surface area contributed by atoms with E-state index in [1.165, 1.54) is 0 Å². The van der Waals surface area contributed by atoms with Crippen molar-refractivity contribution in [1.29, 1.82) is 0 Å². The predicted octanol–water partition coefficient (Wildman–Crippen LogP) is 3.16. The zero-order chi connectivity index (χ0) is 15.6. The summed E-state index contributed by atoms with van der Waals surface area (Å²) >= 11 is 9.62. The number of hydrogen-bond donors (Lipinski definition) is 1. The van der Waals surface area contributed by atoms with Gasteiger partial charge in [-0.1, -0.05) is 33.6 Å². The van der Waals surface area contributed by atoms with E-state index in [-0.39, 0.29) is 46.5 Å². The van der Waals surface area contributed by atoms with Crippen molar-refractivity contribution < 1.29 is 14.3 Å². The van der Waals surface area contributed by atoms with E-state index in [1.807, 2.05) is 13.0 Å². The van der Waals surface area contributed by atoms with Crippen molar-refractivity contribution in [3.63, 3.8) is 0 Å². The lowest BCUT2D eigenvalue weighted by molar-refractivity contribution is -0.145. The monoisotopic (exact) mass is 383 g/mol. The minimum Gasteiger partial charge on any atom is -0.461 e. The minimum absolute atomic E-state index is 0.0561. The third-order valence-corrected chi connectivity index (χ3v) is 6.72. The Morgan fingerprint density at radius 1 is 1.41 bits per heavy atom. The number of benzene rings is 1. The number of halogens is 2. The van der Waals surface area contributed by atoms with Gasteiger partial charge in [-0.25, -0.2) is 0 Å². The maximum atomic E-state index is 12.8. The average Bonchev–Trinajstić information content (AvgIpc) is 3.07. The number of ether oxygens (including phenoxy) is 1. The third kappa shape index (κ3) is 1.95. The van der Waals surface area contributed by atoms with E-state index >= 15 is 0 Å². The summed E-state index contributed by atoms with van der Waals surface area (Å²) in [6, 6.07) is 5.40. The highest BCUT2D eigenvalue weighted by Gasteiger charge is 2.67. The quantitative estimate of drug-likeness (QED) is 0.629. The van der Waals surface area contributed by atoms with Gasteiger partial charge in [-0.3, -0.25) is 9.59 Å². The minimum atomic E-state index is -0.320. The standard InChI is InChI=1S/C16H15BrClNO3/c1-6-2-3-7(18)4-10(6)19-15(20)11-8-5-9-12(11)16(21)22-14(9)13(8)17/h2-4,8-9,11-14H,5H2,1H3,(H,19,20)/t8-,9-,11-,12+,13+,14+/m1/s1. The Balaban J connectivity index is 1.61. The second kappa shape index (κ2) is 4.96. The van der Waals surface area contributed by atoms with E-state index in [1.54, 1.807) is 12.1 Å². The number of esters is 1. The molecule has 1 N–H and O–H groups in total. The van der Waals surface area contributed by atoms with Gasteiger partial charge in [0.15, 0.2) is 0 Å². The molecule has 1 aromatic rings. The van der Waals surface area contributed by atoms with Crippen LogP contribution in [0.2, 0.25) is 5.02 Å². The second-order valence-corrected chi connectivity index (χ2v) is 7.90. The number of hydrogen-bond acceptors (Lipinski definition) is 3. The van der Waals surface area contributed by atoms with Gasteiger partial charge in [0.05, 0.1) is 16.7 Å². The van der Waals surface area contributed by atoms with Gasteiger partial charge >= 0.3 is 5.97 Å². The number of aryl methyl sites for hydroxylation is 1. The Bertz CT molecular complexity index is 679. The molecule has 6 heteroatoms. The molecule has 1 heterocycles. The molecule has 1 aliphatic heterocycles. The van der Waals surface area contributed by atoms with Gasteiger partial charge in [0.1, 0.15) is 6.10 Å². The number of carbonyl (C=O) groups is 2. The van der Waals surface area contributed by atoms with Crippen LogP contribution in [0.4, 0.5) is 5.69 Å². The van der Waals surface area contributed by atoms with Crippen molar-refractivity contribution >= 4 is 45.1 Å². The first kappa shape index (κ1) is 14.5. The third-order valence-electron chi connectivity index (χ3n) is 5.28. The molecule has 1 saturated heterocycles. The van der Waals surface area contributed by atoms with Gasteiger partial charge in [-0.2, -0.15) is 0 Å². The molecule has 3 fully saturated rings. The van der Waals surface area contributed by atoms with Crippen molar-refractivity contribution in [2.45, 2.75) is 24.3 Å². The molecule has 1 amide bonds. The van der Waals surface area contributed by atoms with E-state index in [2.05, 4.69) is 21.2 Å². The molecule has 4 rings (SSSR count). The van der Waals surface area contributed by atoms with Crippen molar-refractivity contribution in [2.24, 2.45) is 23.7 Å². The van der Waals surface area contributed by atoms with Crippen molar-refractivity contribution in [2.75, 3.05) is 5.32 Å². The molecular weight excluding hydrogens is 370 g/mol. The molecule has 2 aliphatic carbocycles. The smallest absolute Gasteiger partial charge is 0.310 e. The van der Waals surface area contributed by atoms with Crippen LogP contribution in [0.15, 0.2) is 18.2 Å². The van der Waals surface area contributed by atoms with Crippen molar-refractivity contribution in [1.82, 2.24) is 0 Å². The van der Waals surface area contributed by atoms with Crippen LogP contribution in [0.5, 0.6) is 0 Å². The van der Waals surface area contributed by atoms with Crippen LogP contribution in [0.3, 0.4) is 0 Å². The van der Waals surface area contributed by atoms with Gasteiger partial charge < -0.3 is 10.1 Å². The summed E-state index contributed by atoms with van der Waals surface area (Å²) in [5.74, 6) is -0.599. The molecule has 2 bridgehead atoms. The summed E-state index contributed by atoms with van der Waals surface area (Å²) < 4.78 is 5.44. The van der Waals surface area contributed by atoms with Crippen LogP contribution in [-0.2, 0) is 14.3 Å². The normalized spacial score (nSPS) is 38.2. The number of alkyl halides is 1. The number of anilines is 1. The van der Waals surface area contributed by atoms with Gasteiger partial charge in [0.25, 0.3) is 0 Å². The SMILES string of the molecule is Cc1ccc(Cl)cc1NC(=O)[C@@H]1[C@H]2C[C@H]3[C@H](OC(=O)[C@@H]31)[C@H]2Br. The number of nitrogens with one attached hydrogen (secondary N) is 1. The van der Waals surface area contributed by atoms with Gasteiger partial charge in [0, 0.05) is 16.6 Å². The second-order valence-electron chi connectivity index (χ2n) is 6.41. The van der Waals surface area contributed by atoms with Gasteiger partial charge in [-0.05, 0) is 37.0 Å². The van der Waals surface area contributed by atoms with Gasteiger partial charge in [-0.15, -0.1) is 0 Å². The fourth-order valence-corrected chi connectivity index (χ4v) is 5.49. The van der Waals surface area contributed by atoms with E-state index < -0.39 is 0 Å². The molecule has 0 spiro atoms. The molecule has 0 unspecified atom stereocenters. The molecule has 6 atom stereocenters. The molecule has 0 radical (unpaired) electrons. The highest BCUT2D eigenvalue weighted by Crippen LogP contribution is 2.60. The number of carbonyl (C=O) groups excluding carboxylic acids is 2. The van der Waals surface area contributed by atoms with Crippen LogP contribution >= 0.6 is 27.5 Å². The molecule has 0 aromatic heterocycles. The lowest BCUT2D eigenvalue weighted by atomic mass is 9.79. The predicted molar refractivity (Wildman–Crippen MR) is 86.0 cm³/mol. The number of amides is 1. The summed E-state index contributed by atoms with van der Waals surface area (Å²) in [6.45, 7) is 1.92. The number of fused-ring (bicyclic) bond motifs is 1. The summed E-state index contributed by atoms with van der Waals surface area (Å²) in [6.07, 6.45) is 0.823. The van der Waals surface area contributed by atoms with Crippen LogP contribution < -0.4 is 5.32 Å². The summed E-state index contributed by atoms with van der Waals surface area (Å²) in [4.78, 5) is 24.9. The topological polar surface area (TPSA) is 55.4 Å². The van der Waals surface area contributed by atoms with Crippen LogP contribution in [0.1, 0.15) is 12.0 Å². The largest absolute Gasteiger partial charge is 0.461 e. The first-order valence-electron chi connectivity index (χ1n) is 7.39. The van der Waals surface area contributed by atoms with Crippen molar-refractivity contribution in [3.8, 4) is 0 Å². The van der Waals surface area contributed by atoms with E-state index in [0.717, 1.165) is 12.0 Å². The Labute approximate surface area is 141 Å². The zero-order valence-corrected chi connectivity index (χ0v) is 14.2. The molecule has 116 valence electrons.